The first kappa shape index (κ1) is 131. The van der Waals surface area contributed by atoms with Gasteiger partial charge >= 0.3 is 71.7 Å². The summed E-state index contributed by atoms with van der Waals surface area (Å²) in [7, 11) is 0. The van der Waals surface area contributed by atoms with E-state index >= 15 is 0 Å². The van der Waals surface area contributed by atoms with Gasteiger partial charge in [0.2, 0.25) is 0 Å². The van der Waals surface area contributed by atoms with Crippen molar-refractivity contribution in [3.05, 3.63) is 48.6 Å². The standard InChI is InChI=1S/4C24H46O2S.2CH4.H2S.2Sn/c4*1-2-3-4-5-6-7-8-9-10-11-12-13-14-15-16-17-18-19-20-21-24(25)26-22-23-27;;;;;/h4*13-14,27H,2-12,15-23H2,1H3;2*1H4;1H2;;/q;;;;;;;2*+2/p-4/b4*14-13+;;;;;. The molecule has 0 saturated carbocycles. The summed E-state index contributed by atoms with van der Waals surface area (Å²) in [4.78, 5) is 45.2. The largest absolute Gasteiger partial charge is 2.00 e. The smallest absolute Gasteiger partial charge is 0.789 e. The van der Waals surface area contributed by atoms with Crippen LogP contribution in [0.5, 0.6) is 0 Å². The molecule has 0 aliphatic heterocycles. The molecule has 0 unspecified atom stereocenters. The van der Waals surface area contributed by atoms with Crippen LogP contribution in [0.15, 0.2) is 48.6 Å². The predicted octanol–water partition coefficient (Wildman–Crippen LogP) is 31.3. The van der Waals surface area contributed by atoms with Crippen LogP contribution in [0.25, 0.3) is 0 Å². The molecule has 0 aromatic rings. The minimum atomic E-state index is -0.0882. The van der Waals surface area contributed by atoms with Crippen molar-refractivity contribution >= 4 is 136 Å². The van der Waals surface area contributed by atoms with Gasteiger partial charge in [-0.25, -0.2) is 0 Å². The molecule has 0 saturated heterocycles. The summed E-state index contributed by atoms with van der Waals surface area (Å²) in [5.74, 6) is 1.64. The van der Waals surface area contributed by atoms with E-state index < -0.39 is 0 Å². The van der Waals surface area contributed by atoms with Crippen LogP contribution in [-0.2, 0) is 88.6 Å². The number of allylic oxidation sites excluding steroid dienone is 8. The molecule has 113 heavy (non-hydrogen) atoms. The molecule has 0 bridgehead atoms. The topological polar surface area (TPSA) is 105 Å². The van der Waals surface area contributed by atoms with Crippen molar-refractivity contribution in [1.82, 2.24) is 0 Å². The number of rotatable bonds is 84. The molecule has 0 aromatic carbocycles. The van der Waals surface area contributed by atoms with Gasteiger partial charge in [0.15, 0.2) is 0 Å². The summed E-state index contributed by atoms with van der Waals surface area (Å²) >= 11 is 19.0. The van der Waals surface area contributed by atoms with E-state index in [1.165, 1.54) is 385 Å². The van der Waals surface area contributed by atoms with Crippen molar-refractivity contribution in [3.63, 3.8) is 0 Å². The Morgan fingerprint density at radius 3 is 0.416 bits per heavy atom. The molecule has 0 atom stereocenters. The van der Waals surface area contributed by atoms with Gasteiger partial charge in [-0.1, -0.05) is 399 Å². The van der Waals surface area contributed by atoms with Crippen molar-refractivity contribution in [1.29, 1.82) is 0 Å². The second kappa shape index (κ2) is 128. The van der Waals surface area contributed by atoms with E-state index in [4.69, 9.17) is 69.5 Å². The van der Waals surface area contributed by atoms with Crippen LogP contribution in [0.4, 0.5) is 0 Å². The minimum Gasteiger partial charge on any atom is -0.789 e. The monoisotopic (exact) mass is 1900 g/mol. The van der Waals surface area contributed by atoms with Crippen molar-refractivity contribution < 1.29 is 38.1 Å². The van der Waals surface area contributed by atoms with Gasteiger partial charge in [0.1, 0.15) is 0 Å². The fraction of sp³-hybridized carbons (Fsp3) is 0.878. The van der Waals surface area contributed by atoms with Gasteiger partial charge in [0, 0.05) is 25.7 Å². The first-order valence-corrected chi connectivity index (χ1v) is 49.1. The molecule has 4 radical (unpaired) electrons. The van der Waals surface area contributed by atoms with Crippen LogP contribution in [0, 0.1) is 0 Å². The fourth-order valence-electron chi connectivity index (χ4n) is 13.1. The molecule has 0 amide bonds. The summed E-state index contributed by atoms with van der Waals surface area (Å²) < 4.78 is 19.9. The van der Waals surface area contributed by atoms with E-state index in [-0.39, 0.29) is 100 Å². The Hall–Kier alpha value is 0.187. The summed E-state index contributed by atoms with van der Waals surface area (Å²) in [6.07, 6.45) is 111. The number of ether oxygens (including phenoxy) is 4. The SMILES string of the molecule is C.C.CCCCCCCCCCCC/C=C/CCCCCCCC(=O)OCC[S-].CCCCCCCCCCCC/C=C/CCCCCCCC(=O)OCC[S-].CCCCCCCCCCCC/C=C/CCCCCCCC(=O)OCC[S-].CCCCCCCCCCCC/C=C/CCCCCCCC(=O)OCC[S-].S.[Sn+2].[Sn+2]. The summed E-state index contributed by atoms with van der Waals surface area (Å²) in [6.45, 7) is 10.7. The quantitative estimate of drug-likeness (QED) is 0.0145. The zero-order valence-corrected chi connectivity index (χ0v) is 83.6. The van der Waals surface area contributed by atoms with Gasteiger partial charge in [0.05, 0.1) is 26.4 Å². The van der Waals surface area contributed by atoms with Crippen LogP contribution in [0.1, 0.15) is 505 Å². The third-order valence-corrected chi connectivity index (χ3v) is 20.6. The Labute approximate surface area is 769 Å². The molecule has 0 spiro atoms. The Bertz CT molecular complexity index is 1590. The zero-order chi connectivity index (χ0) is 79.4. The first-order valence-electron chi connectivity index (χ1n) is 46.8. The van der Waals surface area contributed by atoms with E-state index in [0.717, 1.165) is 51.4 Å². The number of carbonyl (C=O) groups excluding carboxylic acids is 4. The Balaban J connectivity index is -0.000000180. The predicted molar refractivity (Wildman–Crippen MR) is 520 cm³/mol. The van der Waals surface area contributed by atoms with Crippen LogP contribution in [0.2, 0.25) is 0 Å². The average Bonchev–Trinajstić information content (AvgIpc) is 1.34. The molecule has 0 heterocycles. The van der Waals surface area contributed by atoms with Gasteiger partial charge in [0.25, 0.3) is 0 Å². The van der Waals surface area contributed by atoms with Gasteiger partial charge < -0.3 is 69.5 Å². The maximum atomic E-state index is 11.3. The van der Waals surface area contributed by atoms with E-state index in [1.807, 2.05) is 0 Å². The van der Waals surface area contributed by atoms with Crippen molar-refractivity contribution in [3.8, 4) is 0 Å². The Kier molecular flexibility index (Phi) is 148. The van der Waals surface area contributed by atoms with Gasteiger partial charge in [-0.15, -0.1) is 23.0 Å². The van der Waals surface area contributed by atoms with Crippen LogP contribution in [-0.4, -0.2) is 121 Å². The molecule has 8 nitrogen and oxygen atoms in total. The zero-order valence-electron chi connectivity index (χ0n) is 73.6. The summed E-state index contributed by atoms with van der Waals surface area (Å²) in [5, 5.41) is 0. The molecule has 0 aliphatic rings. The fourth-order valence-corrected chi connectivity index (χ4v) is 13.4. The van der Waals surface area contributed by atoms with Crippen molar-refractivity contribution in [2.75, 3.05) is 49.4 Å². The maximum absolute atomic E-state index is 11.3. The molecular weight excluding hydrogens is 1700 g/mol. The normalized spacial score (nSPS) is 10.8. The van der Waals surface area contributed by atoms with Gasteiger partial charge in [-0.05, 0) is 128 Å². The number of carbonyl (C=O) groups is 4. The van der Waals surface area contributed by atoms with E-state index in [1.54, 1.807) is 0 Å². The van der Waals surface area contributed by atoms with Crippen LogP contribution >= 0.6 is 13.5 Å². The minimum absolute atomic E-state index is 0. The van der Waals surface area contributed by atoms with Gasteiger partial charge in [-0.3, -0.25) is 19.2 Å². The number of esters is 4. The molecule has 0 aromatic heterocycles. The van der Waals surface area contributed by atoms with Crippen molar-refractivity contribution in [2.24, 2.45) is 0 Å². The van der Waals surface area contributed by atoms with Crippen molar-refractivity contribution in [2.45, 2.75) is 505 Å². The summed E-state index contributed by atoms with van der Waals surface area (Å²) in [5.41, 5.74) is 0. The molecule has 15 heteroatoms. The molecule has 0 N–H and O–H groups in total. The number of hydrogen-bond acceptors (Lipinski definition) is 12. The first-order chi connectivity index (χ1) is 53.2. The Morgan fingerprint density at radius 1 is 0.195 bits per heavy atom. The average molecular weight is 1890 g/mol. The van der Waals surface area contributed by atoms with Gasteiger partial charge in [-0.2, -0.15) is 13.5 Å². The maximum Gasteiger partial charge on any atom is 2.00 e. The number of unbranched alkanes of at least 4 members (excludes halogenated alkanes) is 60. The number of hydrogen-bond donors (Lipinski definition) is 0. The summed E-state index contributed by atoms with van der Waals surface area (Å²) in [6, 6.07) is 0. The third-order valence-electron chi connectivity index (χ3n) is 20.0. The molecule has 0 rings (SSSR count). The van der Waals surface area contributed by atoms with E-state index in [2.05, 4.69) is 76.3 Å². The molecule has 0 fully saturated rings. The second-order valence-electron chi connectivity index (χ2n) is 30.7. The molecule has 668 valence electrons. The molecule has 0 aliphatic carbocycles. The Morgan fingerprint density at radius 2 is 0.301 bits per heavy atom. The third kappa shape index (κ3) is 136. The van der Waals surface area contributed by atoms with E-state index in [0.29, 0.717) is 75.1 Å². The van der Waals surface area contributed by atoms with Crippen LogP contribution < -0.4 is 0 Å². The van der Waals surface area contributed by atoms with Crippen LogP contribution in [0.3, 0.4) is 0 Å². The van der Waals surface area contributed by atoms with E-state index in [9.17, 15) is 19.2 Å². The second-order valence-corrected chi connectivity index (χ2v) is 32.3. The molecular formula is C98H190O8S5Sn2.